The van der Waals surface area contributed by atoms with Crippen molar-refractivity contribution >= 4 is 11.9 Å². The smallest absolute Gasteiger partial charge is 0.316 e. The van der Waals surface area contributed by atoms with Crippen LogP contribution in [0.3, 0.4) is 0 Å². The maximum atomic E-state index is 12.3. The van der Waals surface area contributed by atoms with Crippen LogP contribution in [0, 0.1) is 17.3 Å². The Morgan fingerprint density at radius 2 is 1.84 bits per heavy atom. The maximum absolute atomic E-state index is 12.3. The molecule has 1 aliphatic rings. The highest BCUT2D eigenvalue weighted by molar-refractivity contribution is 5.97. The van der Waals surface area contributed by atoms with Crippen molar-refractivity contribution in [2.75, 3.05) is 0 Å². The summed E-state index contributed by atoms with van der Waals surface area (Å²) in [7, 11) is 0. The molecule has 0 aromatic carbocycles. The van der Waals surface area contributed by atoms with E-state index in [2.05, 4.69) is 12.2 Å². The van der Waals surface area contributed by atoms with Gasteiger partial charge in [-0.15, -0.1) is 0 Å². The second-order valence-electron chi connectivity index (χ2n) is 6.71. The number of rotatable bonds is 4. The minimum absolute atomic E-state index is 0.149. The van der Waals surface area contributed by atoms with Crippen LogP contribution in [0.2, 0.25) is 0 Å². The number of aliphatic carboxylic acids is 1. The second-order valence-corrected chi connectivity index (χ2v) is 6.71. The van der Waals surface area contributed by atoms with Gasteiger partial charge in [0, 0.05) is 6.04 Å². The predicted molar refractivity (Wildman–Crippen MR) is 74.8 cm³/mol. The van der Waals surface area contributed by atoms with E-state index in [0.29, 0.717) is 5.92 Å². The molecule has 4 heteroatoms. The lowest BCUT2D eigenvalue weighted by Crippen LogP contribution is -2.49. The molecule has 3 atom stereocenters. The molecule has 0 saturated heterocycles. The van der Waals surface area contributed by atoms with Crippen LogP contribution in [0.4, 0.5) is 0 Å². The molecule has 110 valence electrons. The van der Waals surface area contributed by atoms with Gasteiger partial charge in [-0.2, -0.15) is 0 Å². The van der Waals surface area contributed by atoms with E-state index < -0.39 is 17.3 Å². The van der Waals surface area contributed by atoms with E-state index in [-0.39, 0.29) is 11.9 Å². The molecule has 2 N–H and O–H groups in total. The first-order valence-electron chi connectivity index (χ1n) is 7.30. The monoisotopic (exact) mass is 269 g/mol. The van der Waals surface area contributed by atoms with E-state index in [1.54, 1.807) is 20.8 Å². The highest BCUT2D eigenvalue weighted by Crippen LogP contribution is 2.30. The quantitative estimate of drug-likeness (QED) is 0.771. The Hall–Kier alpha value is -1.06. The third-order valence-electron chi connectivity index (χ3n) is 4.14. The Bertz CT molecular complexity index is 333. The highest BCUT2D eigenvalue weighted by Gasteiger charge is 2.39. The molecule has 0 aromatic heterocycles. The van der Waals surface area contributed by atoms with Crippen molar-refractivity contribution < 1.29 is 14.7 Å². The molecule has 1 amide bonds. The molecule has 1 fully saturated rings. The average molecular weight is 269 g/mol. The first-order valence-corrected chi connectivity index (χ1v) is 7.30. The van der Waals surface area contributed by atoms with Crippen LogP contribution >= 0.6 is 0 Å². The molecule has 1 aliphatic carbocycles. The van der Waals surface area contributed by atoms with Gasteiger partial charge in [0.25, 0.3) is 0 Å². The molecule has 1 rings (SSSR count). The summed E-state index contributed by atoms with van der Waals surface area (Å²) < 4.78 is 0. The summed E-state index contributed by atoms with van der Waals surface area (Å²) in [6, 6.07) is 0.149. The van der Waals surface area contributed by atoms with Crippen LogP contribution in [0.5, 0.6) is 0 Å². The van der Waals surface area contributed by atoms with E-state index in [1.807, 2.05) is 0 Å². The Labute approximate surface area is 116 Å². The fourth-order valence-electron chi connectivity index (χ4n) is 3.03. The van der Waals surface area contributed by atoms with Crippen LogP contribution in [0.15, 0.2) is 0 Å². The molecule has 0 bridgehead atoms. The van der Waals surface area contributed by atoms with E-state index >= 15 is 0 Å². The van der Waals surface area contributed by atoms with Crippen LogP contribution in [-0.2, 0) is 9.59 Å². The van der Waals surface area contributed by atoms with Crippen LogP contribution in [-0.4, -0.2) is 23.0 Å². The highest BCUT2D eigenvalue weighted by atomic mass is 16.4. The molecule has 3 unspecified atom stereocenters. The largest absolute Gasteiger partial charge is 0.481 e. The van der Waals surface area contributed by atoms with E-state index in [9.17, 15) is 14.7 Å². The summed E-state index contributed by atoms with van der Waals surface area (Å²) in [5, 5.41) is 12.3. The molecule has 19 heavy (non-hydrogen) atoms. The zero-order chi connectivity index (χ0) is 14.6. The first-order chi connectivity index (χ1) is 8.77. The van der Waals surface area contributed by atoms with Gasteiger partial charge in [0.05, 0.1) is 0 Å². The van der Waals surface area contributed by atoms with Gasteiger partial charge in [0.1, 0.15) is 5.92 Å². The van der Waals surface area contributed by atoms with E-state index in [1.165, 1.54) is 6.42 Å². The van der Waals surface area contributed by atoms with Gasteiger partial charge in [-0.3, -0.25) is 9.59 Å². The van der Waals surface area contributed by atoms with Gasteiger partial charge in [0.15, 0.2) is 0 Å². The van der Waals surface area contributed by atoms with Crippen molar-refractivity contribution in [1.29, 1.82) is 0 Å². The predicted octanol–water partition coefficient (Wildman–Crippen LogP) is 2.82. The van der Waals surface area contributed by atoms with Gasteiger partial charge in [-0.1, -0.05) is 47.0 Å². The summed E-state index contributed by atoms with van der Waals surface area (Å²) in [4.78, 5) is 23.6. The number of carbonyl (C=O) groups excluding carboxylic acids is 1. The van der Waals surface area contributed by atoms with Crippen molar-refractivity contribution in [2.45, 2.75) is 65.8 Å². The Morgan fingerprint density at radius 3 is 2.32 bits per heavy atom. The van der Waals surface area contributed by atoms with Crippen molar-refractivity contribution in [2.24, 2.45) is 17.3 Å². The SMILES string of the molecule is CCC1CCCCC1NC(=O)C(C(=O)O)C(C)(C)C. The van der Waals surface area contributed by atoms with Crippen molar-refractivity contribution in [3.05, 3.63) is 0 Å². The number of hydrogen-bond donors (Lipinski definition) is 2. The molecular formula is C15H27NO3. The molecule has 0 aromatic rings. The van der Waals surface area contributed by atoms with Gasteiger partial charge >= 0.3 is 5.97 Å². The molecular weight excluding hydrogens is 242 g/mol. The molecule has 1 saturated carbocycles. The van der Waals surface area contributed by atoms with Gasteiger partial charge in [-0.05, 0) is 24.2 Å². The summed E-state index contributed by atoms with van der Waals surface area (Å²) in [5.41, 5.74) is -0.563. The Kier molecular flexibility index (Phi) is 5.39. The van der Waals surface area contributed by atoms with Crippen molar-refractivity contribution in [3.8, 4) is 0 Å². The summed E-state index contributed by atoms with van der Waals surface area (Å²) in [5.74, 6) is -1.85. The molecule has 4 nitrogen and oxygen atoms in total. The van der Waals surface area contributed by atoms with Crippen molar-refractivity contribution in [3.63, 3.8) is 0 Å². The number of carboxylic acid groups (broad SMARTS) is 1. The van der Waals surface area contributed by atoms with Crippen LogP contribution < -0.4 is 5.32 Å². The summed E-state index contributed by atoms with van der Waals surface area (Å²) in [6.45, 7) is 7.52. The number of carbonyl (C=O) groups is 2. The minimum Gasteiger partial charge on any atom is -0.481 e. The molecule has 0 aliphatic heterocycles. The average Bonchev–Trinajstić information content (AvgIpc) is 2.27. The molecule has 0 heterocycles. The third kappa shape index (κ3) is 4.22. The minimum atomic E-state index is -1.03. The van der Waals surface area contributed by atoms with Crippen LogP contribution in [0.1, 0.15) is 59.8 Å². The van der Waals surface area contributed by atoms with Gasteiger partial charge < -0.3 is 10.4 Å². The van der Waals surface area contributed by atoms with Crippen molar-refractivity contribution in [1.82, 2.24) is 5.32 Å². The fraction of sp³-hybridized carbons (Fsp3) is 0.867. The second kappa shape index (κ2) is 6.40. The first kappa shape index (κ1) is 16.0. The lowest BCUT2D eigenvalue weighted by molar-refractivity contribution is -0.152. The van der Waals surface area contributed by atoms with E-state index in [4.69, 9.17) is 0 Å². The topological polar surface area (TPSA) is 66.4 Å². The number of amides is 1. The Balaban J connectivity index is 2.73. The standard InChI is InChI=1S/C15H27NO3/c1-5-10-8-6-7-9-11(10)16-13(17)12(14(18)19)15(2,3)4/h10-12H,5-9H2,1-4H3,(H,16,17)(H,18,19). The summed E-state index contributed by atoms with van der Waals surface area (Å²) >= 11 is 0. The lowest BCUT2D eigenvalue weighted by atomic mass is 9.78. The maximum Gasteiger partial charge on any atom is 0.316 e. The van der Waals surface area contributed by atoms with E-state index in [0.717, 1.165) is 25.7 Å². The number of nitrogens with one attached hydrogen (secondary N) is 1. The molecule has 0 radical (unpaired) electrons. The fourth-order valence-corrected chi connectivity index (χ4v) is 3.03. The molecule has 0 spiro atoms. The lowest BCUT2D eigenvalue weighted by Gasteiger charge is -2.34. The third-order valence-corrected chi connectivity index (χ3v) is 4.14. The summed E-state index contributed by atoms with van der Waals surface area (Å²) in [6.07, 6.45) is 5.48. The van der Waals surface area contributed by atoms with Gasteiger partial charge in [0.2, 0.25) is 5.91 Å². The number of hydrogen-bond acceptors (Lipinski definition) is 2. The Morgan fingerprint density at radius 1 is 1.26 bits per heavy atom. The zero-order valence-corrected chi connectivity index (χ0v) is 12.5. The normalized spacial score (nSPS) is 25.7. The zero-order valence-electron chi connectivity index (χ0n) is 12.5. The van der Waals surface area contributed by atoms with Gasteiger partial charge in [-0.25, -0.2) is 0 Å². The van der Waals surface area contributed by atoms with Crippen LogP contribution in [0.25, 0.3) is 0 Å². The number of carboxylic acids is 1.